The molecule has 5 rings (SSSR count). The molecule has 1 aromatic carbocycles. The van der Waals surface area contributed by atoms with Crippen LogP contribution in [0.25, 0.3) is 10.6 Å². The van der Waals surface area contributed by atoms with Crippen LogP contribution in [0.15, 0.2) is 48.7 Å². The van der Waals surface area contributed by atoms with Crippen LogP contribution in [0.4, 0.5) is 0 Å². The summed E-state index contributed by atoms with van der Waals surface area (Å²) in [6.45, 7) is 1.88. The van der Waals surface area contributed by atoms with E-state index in [1.54, 1.807) is 18.3 Å². The maximum absolute atomic E-state index is 12.8. The number of carbonyl (C=O) groups is 2. The van der Waals surface area contributed by atoms with Crippen LogP contribution in [0.2, 0.25) is 0 Å². The Morgan fingerprint density at radius 1 is 1.12 bits per heavy atom. The van der Waals surface area contributed by atoms with Crippen molar-refractivity contribution in [2.24, 2.45) is 11.1 Å². The number of hydrogen-bond donors (Lipinski definition) is 2. The Labute approximate surface area is 190 Å². The molecule has 3 aromatic rings. The summed E-state index contributed by atoms with van der Waals surface area (Å²) in [4.78, 5) is 33.8. The third kappa shape index (κ3) is 3.86. The average Bonchev–Trinajstić information content (AvgIpc) is 3.13. The molecule has 32 heavy (non-hydrogen) atoms. The molecule has 0 saturated heterocycles. The van der Waals surface area contributed by atoms with Gasteiger partial charge in [0, 0.05) is 17.8 Å². The standard InChI is InChI=1S/C24H24N4O3S/c1-14-19(32-23(27-14)15-6-3-2-4-7-15)21(30)28-16-10-24(11-16)12-17(13-24)31-22-18(20(25)29)8-5-9-26-22/h2-9,16-17H,10-13H2,1H3,(H2,25,29)(H,28,30). The smallest absolute Gasteiger partial charge is 0.263 e. The molecule has 2 aromatic heterocycles. The van der Waals surface area contributed by atoms with E-state index in [0.717, 1.165) is 41.9 Å². The maximum Gasteiger partial charge on any atom is 0.263 e. The number of benzene rings is 1. The van der Waals surface area contributed by atoms with Gasteiger partial charge in [-0.3, -0.25) is 9.59 Å². The van der Waals surface area contributed by atoms with Gasteiger partial charge in [-0.2, -0.15) is 0 Å². The first kappa shape index (κ1) is 20.6. The van der Waals surface area contributed by atoms with E-state index < -0.39 is 5.91 Å². The molecule has 2 saturated carbocycles. The van der Waals surface area contributed by atoms with E-state index in [1.165, 1.54) is 11.3 Å². The first-order valence-corrected chi connectivity index (χ1v) is 11.5. The van der Waals surface area contributed by atoms with Gasteiger partial charge in [0.15, 0.2) is 0 Å². The summed E-state index contributed by atoms with van der Waals surface area (Å²) < 4.78 is 5.91. The largest absolute Gasteiger partial charge is 0.474 e. The SMILES string of the molecule is Cc1nc(-c2ccccc2)sc1C(=O)NC1CC2(C1)CC(Oc1ncccc1C(N)=O)C2. The lowest BCUT2D eigenvalue weighted by Gasteiger charge is -2.57. The Kier molecular flexibility index (Phi) is 5.17. The quantitative estimate of drug-likeness (QED) is 0.597. The highest BCUT2D eigenvalue weighted by Gasteiger charge is 2.54. The Morgan fingerprint density at radius 3 is 2.59 bits per heavy atom. The molecule has 164 valence electrons. The number of amides is 2. The Balaban J connectivity index is 1.14. The summed E-state index contributed by atoms with van der Waals surface area (Å²) in [5.74, 6) is -0.282. The molecule has 0 aliphatic heterocycles. The van der Waals surface area contributed by atoms with Crippen LogP contribution >= 0.6 is 11.3 Å². The van der Waals surface area contributed by atoms with Crippen LogP contribution in [-0.2, 0) is 0 Å². The normalized spacial score (nSPS) is 23.8. The Bertz CT molecular complexity index is 1160. The molecule has 0 unspecified atom stereocenters. The van der Waals surface area contributed by atoms with Crippen molar-refractivity contribution in [1.82, 2.24) is 15.3 Å². The van der Waals surface area contributed by atoms with Crippen molar-refractivity contribution in [2.75, 3.05) is 0 Å². The number of nitrogens with two attached hydrogens (primary N) is 1. The molecular weight excluding hydrogens is 424 g/mol. The third-order valence-corrected chi connectivity index (χ3v) is 7.56. The number of aromatic nitrogens is 2. The molecule has 2 fully saturated rings. The molecule has 2 aliphatic carbocycles. The second-order valence-electron chi connectivity index (χ2n) is 8.75. The Hall–Kier alpha value is -3.26. The summed E-state index contributed by atoms with van der Waals surface area (Å²) in [6, 6.07) is 13.4. The number of pyridine rings is 1. The molecule has 0 radical (unpaired) electrons. The second-order valence-corrected chi connectivity index (χ2v) is 9.75. The van der Waals surface area contributed by atoms with Gasteiger partial charge < -0.3 is 15.8 Å². The van der Waals surface area contributed by atoms with Crippen LogP contribution < -0.4 is 15.8 Å². The summed E-state index contributed by atoms with van der Waals surface area (Å²) in [6.07, 6.45) is 5.28. The number of primary amides is 1. The highest BCUT2D eigenvalue weighted by molar-refractivity contribution is 7.17. The highest BCUT2D eigenvalue weighted by Crippen LogP contribution is 2.56. The van der Waals surface area contributed by atoms with Crippen molar-refractivity contribution in [1.29, 1.82) is 0 Å². The van der Waals surface area contributed by atoms with E-state index in [4.69, 9.17) is 10.5 Å². The van der Waals surface area contributed by atoms with E-state index in [2.05, 4.69) is 15.3 Å². The number of nitrogens with one attached hydrogen (secondary N) is 1. The first-order valence-electron chi connectivity index (χ1n) is 10.7. The minimum absolute atomic E-state index is 0.0248. The third-order valence-electron chi connectivity index (χ3n) is 6.35. The van der Waals surface area contributed by atoms with E-state index >= 15 is 0 Å². The molecule has 0 atom stereocenters. The van der Waals surface area contributed by atoms with Gasteiger partial charge >= 0.3 is 0 Å². The summed E-state index contributed by atoms with van der Waals surface area (Å²) >= 11 is 1.43. The average molecular weight is 449 g/mol. The molecule has 1 spiro atoms. The van der Waals surface area contributed by atoms with Crippen LogP contribution in [0.1, 0.15) is 51.4 Å². The number of nitrogens with zero attached hydrogens (tertiary/aromatic N) is 2. The van der Waals surface area contributed by atoms with Crippen LogP contribution in [0, 0.1) is 12.3 Å². The van der Waals surface area contributed by atoms with E-state index in [1.807, 2.05) is 37.3 Å². The minimum atomic E-state index is -0.540. The molecule has 7 nitrogen and oxygen atoms in total. The predicted molar refractivity (Wildman–Crippen MR) is 122 cm³/mol. The van der Waals surface area contributed by atoms with Gasteiger partial charge in [-0.05, 0) is 50.2 Å². The van der Waals surface area contributed by atoms with Gasteiger partial charge in [-0.25, -0.2) is 9.97 Å². The summed E-state index contributed by atoms with van der Waals surface area (Å²) in [5.41, 5.74) is 7.70. The van der Waals surface area contributed by atoms with Crippen LogP contribution in [0.5, 0.6) is 5.88 Å². The molecule has 8 heteroatoms. The van der Waals surface area contributed by atoms with Crippen molar-refractivity contribution in [3.05, 3.63) is 64.8 Å². The van der Waals surface area contributed by atoms with Gasteiger partial charge in [0.2, 0.25) is 5.88 Å². The van der Waals surface area contributed by atoms with Crippen molar-refractivity contribution >= 4 is 23.2 Å². The molecule has 2 aliphatic rings. The zero-order valence-corrected chi connectivity index (χ0v) is 18.5. The minimum Gasteiger partial charge on any atom is -0.474 e. The van der Waals surface area contributed by atoms with Crippen molar-refractivity contribution in [3.8, 4) is 16.5 Å². The van der Waals surface area contributed by atoms with Gasteiger partial charge in [0.1, 0.15) is 21.6 Å². The van der Waals surface area contributed by atoms with E-state index in [-0.39, 0.29) is 23.5 Å². The van der Waals surface area contributed by atoms with Gasteiger partial charge in [0.25, 0.3) is 11.8 Å². The number of carbonyl (C=O) groups excluding carboxylic acids is 2. The zero-order chi connectivity index (χ0) is 22.3. The van der Waals surface area contributed by atoms with E-state index in [9.17, 15) is 9.59 Å². The summed E-state index contributed by atoms with van der Waals surface area (Å²) in [7, 11) is 0. The van der Waals surface area contributed by atoms with Crippen molar-refractivity contribution < 1.29 is 14.3 Å². The van der Waals surface area contributed by atoms with E-state index in [0.29, 0.717) is 16.3 Å². The molecule has 2 heterocycles. The number of aryl methyl sites for hydroxylation is 1. The predicted octanol–water partition coefficient (Wildman–Crippen LogP) is 3.73. The number of thiazole rings is 1. The van der Waals surface area contributed by atoms with Crippen LogP contribution in [-0.4, -0.2) is 33.9 Å². The lowest BCUT2D eigenvalue weighted by atomic mass is 9.53. The molecule has 0 bridgehead atoms. The fourth-order valence-corrected chi connectivity index (χ4v) is 5.78. The lowest BCUT2D eigenvalue weighted by Crippen LogP contribution is -2.58. The summed E-state index contributed by atoms with van der Waals surface area (Å²) in [5, 5.41) is 4.03. The van der Waals surface area contributed by atoms with Gasteiger partial charge in [-0.1, -0.05) is 30.3 Å². The first-order chi connectivity index (χ1) is 15.4. The maximum atomic E-state index is 12.8. The van der Waals surface area contributed by atoms with Gasteiger partial charge in [-0.15, -0.1) is 11.3 Å². The highest BCUT2D eigenvalue weighted by atomic mass is 32.1. The number of ether oxygens (including phenoxy) is 1. The van der Waals surface area contributed by atoms with Gasteiger partial charge in [0.05, 0.1) is 5.69 Å². The van der Waals surface area contributed by atoms with Crippen molar-refractivity contribution in [3.63, 3.8) is 0 Å². The monoisotopic (exact) mass is 448 g/mol. The molecular formula is C24H24N4O3S. The number of hydrogen-bond acceptors (Lipinski definition) is 6. The topological polar surface area (TPSA) is 107 Å². The lowest BCUT2D eigenvalue weighted by molar-refractivity contribution is -0.0848. The molecule has 2 amide bonds. The fourth-order valence-electron chi connectivity index (χ4n) is 4.80. The van der Waals surface area contributed by atoms with Crippen molar-refractivity contribution in [2.45, 2.75) is 44.8 Å². The molecule has 3 N–H and O–H groups in total. The second kappa shape index (κ2) is 8.02. The Morgan fingerprint density at radius 2 is 1.88 bits per heavy atom. The number of rotatable bonds is 6. The fraction of sp³-hybridized carbons (Fsp3) is 0.333. The zero-order valence-electron chi connectivity index (χ0n) is 17.7. The van der Waals surface area contributed by atoms with Crippen LogP contribution in [0.3, 0.4) is 0 Å².